The normalized spacial score (nSPS) is 10.8. The van der Waals surface area contributed by atoms with Crippen molar-refractivity contribution >= 4 is 11.6 Å². The first-order valence-electron chi connectivity index (χ1n) is 6.49. The number of aromatic nitrogens is 2. The molecule has 5 heteroatoms. The van der Waals surface area contributed by atoms with E-state index in [1.165, 1.54) is 6.26 Å². The van der Waals surface area contributed by atoms with Crippen molar-refractivity contribution in [2.75, 3.05) is 6.54 Å². The van der Waals surface area contributed by atoms with Gasteiger partial charge in [-0.3, -0.25) is 4.79 Å². The molecule has 3 heterocycles. The van der Waals surface area contributed by atoms with Crippen LogP contribution in [0.1, 0.15) is 21.8 Å². The standard InChI is InChI=1S/C15H15N3O2/c1-11-13(6-9-20-11)15(19)16-7-5-12-10-18-8-3-2-4-14(18)17-12/h2-4,6,8-10H,5,7H2,1H3,(H,16,19). The number of rotatable bonds is 4. The smallest absolute Gasteiger partial charge is 0.254 e. The lowest BCUT2D eigenvalue weighted by Gasteiger charge is -2.02. The molecule has 0 aliphatic rings. The van der Waals surface area contributed by atoms with Crippen LogP contribution in [-0.2, 0) is 6.42 Å². The summed E-state index contributed by atoms with van der Waals surface area (Å²) in [7, 11) is 0. The maximum absolute atomic E-state index is 11.9. The van der Waals surface area contributed by atoms with Crippen LogP contribution in [0.25, 0.3) is 5.65 Å². The Morgan fingerprint density at radius 1 is 1.40 bits per heavy atom. The molecule has 0 unspecified atom stereocenters. The van der Waals surface area contributed by atoms with Gasteiger partial charge in [0.15, 0.2) is 0 Å². The van der Waals surface area contributed by atoms with Crippen molar-refractivity contribution in [2.45, 2.75) is 13.3 Å². The molecule has 0 saturated heterocycles. The third-order valence-electron chi connectivity index (χ3n) is 3.18. The van der Waals surface area contributed by atoms with E-state index >= 15 is 0 Å². The third kappa shape index (κ3) is 2.42. The van der Waals surface area contributed by atoms with Crippen LogP contribution in [0.4, 0.5) is 0 Å². The van der Waals surface area contributed by atoms with Crippen LogP contribution < -0.4 is 5.32 Å². The zero-order chi connectivity index (χ0) is 13.9. The molecule has 0 bridgehead atoms. The van der Waals surface area contributed by atoms with Gasteiger partial charge in [0.05, 0.1) is 17.5 Å². The minimum Gasteiger partial charge on any atom is -0.469 e. The van der Waals surface area contributed by atoms with Crippen molar-refractivity contribution in [3.05, 3.63) is 59.9 Å². The van der Waals surface area contributed by atoms with E-state index in [4.69, 9.17) is 4.42 Å². The number of carbonyl (C=O) groups is 1. The molecule has 0 aromatic carbocycles. The fraction of sp³-hybridized carbons (Fsp3) is 0.200. The van der Waals surface area contributed by atoms with E-state index in [0.717, 1.165) is 11.3 Å². The lowest BCUT2D eigenvalue weighted by Crippen LogP contribution is -2.25. The summed E-state index contributed by atoms with van der Waals surface area (Å²) in [5.41, 5.74) is 2.46. The molecule has 3 aromatic heterocycles. The monoisotopic (exact) mass is 269 g/mol. The highest BCUT2D eigenvalue weighted by molar-refractivity contribution is 5.94. The lowest BCUT2D eigenvalue weighted by atomic mass is 10.2. The predicted molar refractivity (Wildman–Crippen MR) is 74.7 cm³/mol. The summed E-state index contributed by atoms with van der Waals surface area (Å²) in [6.07, 6.45) is 6.15. The van der Waals surface area contributed by atoms with Gasteiger partial charge in [0, 0.05) is 25.4 Å². The van der Waals surface area contributed by atoms with Crippen LogP contribution in [0.2, 0.25) is 0 Å². The van der Waals surface area contributed by atoms with Gasteiger partial charge in [-0.15, -0.1) is 0 Å². The minimum absolute atomic E-state index is 0.111. The van der Waals surface area contributed by atoms with E-state index in [9.17, 15) is 4.79 Å². The Hall–Kier alpha value is -2.56. The summed E-state index contributed by atoms with van der Waals surface area (Å²) in [5.74, 6) is 0.523. The van der Waals surface area contributed by atoms with Crippen molar-refractivity contribution in [1.82, 2.24) is 14.7 Å². The van der Waals surface area contributed by atoms with Crippen molar-refractivity contribution in [1.29, 1.82) is 0 Å². The van der Waals surface area contributed by atoms with Crippen LogP contribution in [0.3, 0.4) is 0 Å². The molecule has 5 nitrogen and oxygen atoms in total. The Bertz CT molecular complexity index is 709. The van der Waals surface area contributed by atoms with Gasteiger partial charge in [0.25, 0.3) is 5.91 Å². The average molecular weight is 269 g/mol. The molecule has 0 saturated carbocycles. The fourth-order valence-corrected chi connectivity index (χ4v) is 2.13. The number of nitrogens with one attached hydrogen (secondary N) is 1. The first kappa shape index (κ1) is 12.5. The minimum atomic E-state index is -0.111. The summed E-state index contributed by atoms with van der Waals surface area (Å²) in [6, 6.07) is 7.55. The summed E-state index contributed by atoms with van der Waals surface area (Å²) >= 11 is 0. The Labute approximate surface area is 116 Å². The third-order valence-corrected chi connectivity index (χ3v) is 3.18. The first-order chi connectivity index (χ1) is 9.74. The van der Waals surface area contributed by atoms with E-state index in [1.54, 1.807) is 13.0 Å². The second kappa shape index (κ2) is 5.21. The van der Waals surface area contributed by atoms with Crippen molar-refractivity contribution in [3.8, 4) is 0 Å². The Morgan fingerprint density at radius 3 is 3.05 bits per heavy atom. The highest BCUT2D eigenvalue weighted by Gasteiger charge is 2.10. The predicted octanol–water partition coefficient (Wildman–Crippen LogP) is 2.21. The second-order valence-electron chi connectivity index (χ2n) is 4.59. The maximum Gasteiger partial charge on any atom is 0.254 e. The van der Waals surface area contributed by atoms with Gasteiger partial charge in [-0.05, 0) is 25.1 Å². The molecule has 0 atom stereocenters. The van der Waals surface area contributed by atoms with E-state index in [1.807, 2.05) is 35.0 Å². The zero-order valence-corrected chi connectivity index (χ0v) is 11.2. The van der Waals surface area contributed by atoms with Crippen LogP contribution in [-0.4, -0.2) is 21.8 Å². The molecule has 0 spiro atoms. The average Bonchev–Trinajstić information content (AvgIpc) is 3.04. The highest BCUT2D eigenvalue weighted by Crippen LogP contribution is 2.08. The molecule has 0 fully saturated rings. The van der Waals surface area contributed by atoms with Crippen LogP contribution in [0, 0.1) is 6.92 Å². The summed E-state index contributed by atoms with van der Waals surface area (Å²) < 4.78 is 7.08. The van der Waals surface area contributed by atoms with Gasteiger partial charge in [-0.25, -0.2) is 4.98 Å². The number of furan rings is 1. The highest BCUT2D eigenvalue weighted by atomic mass is 16.3. The molecule has 3 aromatic rings. The molecular formula is C15H15N3O2. The number of nitrogens with zero attached hydrogens (tertiary/aromatic N) is 2. The van der Waals surface area contributed by atoms with E-state index < -0.39 is 0 Å². The van der Waals surface area contributed by atoms with Crippen LogP contribution in [0.5, 0.6) is 0 Å². The first-order valence-corrected chi connectivity index (χ1v) is 6.49. The van der Waals surface area contributed by atoms with E-state index in [-0.39, 0.29) is 5.91 Å². The van der Waals surface area contributed by atoms with Gasteiger partial charge in [0.2, 0.25) is 0 Å². The number of aryl methyl sites for hydroxylation is 1. The van der Waals surface area contributed by atoms with Crippen LogP contribution in [0.15, 0.2) is 47.3 Å². The number of carbonyl (C=O) groups excluding carboxylic acids is 1. The molecule has 1 N–H and O–H groups in total. The molecule has 0 radical (unpaired) electrons. The zero-order valence-electron chi connectivity index (χ0n) is 11.2. The topological polar surface area (TPSA) is 59.5 Å². The van der Waals surface area contributed by atoms with Crippen molar-refractivity contribution < 1.29 is 9.21 Å². The van der Waals surface area contributed by atoms with Gasteiger partial charge in [-0.1, -0.05) is 6.07 Å². The summed E-state index contributed by atoms with van der Waals surface area (Å²) in [5, 5.41) is 2.87. The maximum atomic E-state index is 11.9. The summed E-state index contributed by atoms with van der Waals surface area (Å²) in [4.78, 5) is 16.4. The Kier molecular flexibility index (Phi) is 3.25. The van der Waals surface area contributed by atoms with E-state index in [2.05, 4.69) is 10.3 Å². The summed E-state index contributed by atoms with van der Waals surface area (Å²) in [6.45, 7) is 2.32. The molecular weight excluding hydrogens is 254 g/mol. The molecule has 1 amide bonds. The number of fused-ring (bicyclic) bond motifs is 1. The second-order valence-corrected chi connectivity index (χ2v) is 4.59. The fourth-order valence-electron chi connectivity index (χ4n) is 2.13. The van der Waals surface area contributed by atoms with E-state index in [0.29, 0.717) is 24.3 Å². The number of pyridine rings is 1. The van der Waals surface area contributed by atoms with Gasteiger partial charge >= 0.3 is 0 Å². The largest absolute Gasteiger partial charge is 0.469 e. The van der Waals surface area contributed by atoms with Crippen molar-refractivity contribution in [3.63, 3.8) is 0 Å². The lowest BCUT2D eigenvalue weighted by molar-refractivity contribution is 0.0952. The number of imidazole rings is 1. The molecule has 0 aliphatic heterocycles. The molecule has 102 valence electrons. The SMILES string of the molecule is Cc1occc1C(=O)NCCc1cn2ccccc2n1. The quantitative estimate of drug-likeness (QED) is 0.790. The molecule has 3 rings (SSSR count). The van der Waals surface area contributed by atoms with Gasteiger partial charge < -0.3 is 14.1 Å². The van der Waals surface area contributed by atoms with Gasteiger partial charge in [0.1, 0.15) is 11.4 Å². The van der Waals surface area contributed by atoms with Gasteiger partial charge in [-0.2, -0.15) is 0 Å². The number of hydrogen-bond acceptors (Lipinski definition) is 3. The molecule has 20 heavy (non-hydrogen) atoms. The van der Waals surface area contributed by atoms with Crippen LogP contribution >= 0.6 is 0 Å². The molecule has 0 aliphatic carbocycles. The number of hydrogen-bond donors (Lipinski definition) is 1. The Balaban J connectivity index is 1.60. The Morgan fingerprint density at radius 2 is 2.30 bits per heavy atom. The number of amides is 1. The van der Waals surface area contributed by atoms with Crippen molar-refractivity contribution in [2.24, 2.45) is 0 Å².